The van der Waals surface area contributed by atoms with Gasteiger partial charge in [-0.25, -0.2) is 0 Å². The number of hydrogen-bond acceptors (Lipinski definition) is 3. The summed E-state index contributed by atoms with van der Waals surface area (Å²) in [6.45, 7) is 13.9. The number of hydrogen-bond donors (Lipinski definition) is 0. The molecule has 3 heteroatoms. The van der Waals surface area contributed by atoms with Gasteiger partial charge in [-0.15, -0.1) is 0 Å². The Morgan fingerprint density at radius 3 is 1.38 bits per heavy atom. The molecule has 0 N–H and O–H groups in total. The molecule has 0 fully saturated rings. The molecule has 160 valence electrons. The van der Waals surface area contributed by atoms with Gasteiger partial charge in [0.15, 0.2) is 0 Å². The summed E-state index contributed by atoms with van der Waals surface area (Å²) in [5, 5.41) is 0. The number of benzene rings is 2. The normalized spacial score (nSPS) is 13.2. The van der Waals surface area contributed by atoms with E-state index in [9.17, 15) is 0 Å². The molecule has 0 aromatic heterocycles. The van der Waals surface area contributed by atoms with E-state index in [1.165, 1.54) is 22.3 Å². The van der Waals surface area contributed by atoms with Crippen LogP contribution in [0.3, 0.4) is 0 Å². The molecule has 0 aliphatic carbocycles. The molecule has 0 aliphatic heterocycles. The third-order valence-corrected chi connectivity index (χ3v) is 5.34. The van der Waals surface area contributed by atoms with Crippen LogP contribution in [0.5, 0.6) is 11.5 Å². The second-order valence-electron chi connectivity index (χ2n) is 7.58. The Balaban J connectivity index is 1.87. The molecule has 2 unspecified atom stereocenters. The van der Waals surface area contributed by atoms with E-state index >= 15 is 0 Å². The molecule has 2 atom stereocenters. The van der Waals surface area contributed by atoms with Gasteiger partial charge in [0, 0.05) is 0 Å². The highest BCUT2D eigenvalue weighted by Gasteiger charge is 2.14. The summed E-state index contributed by atoms with van der Waals surface area (Å²) in [5.74, 6) is 1.96. The van der Waals surface area contributed by atoms with Gasteiger partial charge in [-0.1, -0.05) is 52.0 Å². The van der Waals surface area contributed by atoms with Gasteiger partial charge in [0.05, 0.1) is 12.2 Å². The van der Waals surface area contributed by atoms with Gasteiger partial charge in [0.1, 0.15) is 24.7 Å². The van der Waals surface area contributed by atoms with Gasteiger partial charge in [-0.05, 0) is 73.9 Å². The van der Waals surface area contributed by atoms with Crippen LogP contribution < -0.4 is 9.47 Å². The van der Waals surface area contributed by atoms with Crippen LogP contribution in [-0.2, 0) is 30.4 Å². The topological polar surface area (TPSA) is 27.7 Å². The Bertz CT molecular complexity index is 690. The summed E-state index contributed by atoms with van der Waals surface area (Å²) in [4.78, 5) is 0. The molecule has 0 aliphatic rings. The maximum atomic E-state index is 6.10. The van der Waals surface area contributed by atoms with E-state index in [0.29, 0.717) is 13.2 Å². The summed E-state index contributed by atoms with van der Waals surface area (Å²) in [5.41, 5.74) is 5.34. The summed E-state index contributed by atoms with van der Waals surface area (Å²) >= 11 is 0. The number of rotatable bonds is 12. The first-order valence-corrected chi connectivity index (χ1v) is 11.2. The third kappa shape index (κ3) is 6.50. The smallest absolute Gasteiger partial charge is 0.122 e. The Morgan fingerprint density at radius 1 is 0.621 bits per heavy atom. The molecule has 2 aromatic rings. The van der Waals surface area contributed by atoms with Gasteiger partial charge in [-0.3, -0.25) is 0 Å². The lowest BCUT2D eigenvalue weighted by atomic mass is 10.0. The largest absolute Gasteiger partial charge is 0.491 e. The molecule has 0 amide bonds. The average Bonchev–Trinajstić information content (AvgIpc) is 2.75. The summed E-state index contributed by atoms with van der Waals surface area (Å²) in [6.07, 6.45) is 4.01. The Labute approximate surface area is 177 Å². The van der Waals surface area contributed by atoms with E-state index in [1.54, 1.807) is 0 Å². The average molecular weight is 399 g/mol. The molecular weight excluding hydrogens is 360 g/mol. The highest BCUT2D eigenvalue weighted by molar-refractivity contribution is 5.41. The van der Waals surface area contributed by atoms with Crippen LogP contribution in [0.4, 0.5) is 0 Å². The monoisotopic (exact) mass is 398 g/mol. The zero-order chi connectivity index (χ0) is 21.2. The molecule has 0 heterocycles. The molecule has 2 rings (SSSR count). The zero-order valence-corrected chi connectivity index (χ0v) is 19.1. The second-order valence-corrected chi connectivity index (χ2v) is 7.58. The zero-order valence-electron chi connectivity index (χ0n) is 19.1. The molecule has 0 radical (unpaired) electrons. The minimum absolute atomic E-state index is 0.00351. The lowest BCUT2D eigenvalue weighted by Crippen LogP contribution is -2.27. The lowest BCUT2D eigenvalue weighted by Gasteiger charge is -2.22. The van der Waals surface area contributed by atoms with Crippen molar-refractivity contribution in [1.82, 2.24) is 0 Å². The standard InChI is InChI=1S/C26H38O3/c1-7-21-13-11-15-25(23(21)9-3)27-17-19(5)29-20(6)18-28-26-16-12-14-22(8-2)24(26)10-4/h11-16,19-20H,7-10,17-18H2,1-6H3. The van der Waals surface area contributed by atoms with Crippen LogP contribution in [0, 0.1) is 0 Å². The number of aryl methyl sites for hydroxylation is 2. The van der Waals surface area contributed by atoms with E-state index < -0.39 is 0 Å². The van der Waals surface area contributed by atoms with Crippen LogP contribution in [0.25, 0.3) is 0 Å². The van der Waals surface area contributed by atoms with Crippen LogP contribution >= 0.6 is 0 Å². The van der Waals surface area contributed by atoms with Gasteiger partial charge in [0.25, 0.3) is 0 Å². The van der Waals surface area contributed by atoms with Crippen molar-refractivity contribution in [2.24, 2.45) is 0 Å². The van der Waals surface area contributed by atoms with Crippen LogP contribution in [0.15, 0.2) is 36.4 Å². The Kier molecular flexibility index (Phi) is 9.53. The van der Waals surface area contributed by atoms with Gasteiger partial charge in [-0.2, -0.15) is 0 Å². The van der Waals surface area contributed by atoms with E-state index in [0.717, 1.165) is 37.2 Å². The van der Waals surface area contributed by atoms with Crippen molar-refractivity contribution in [2.75, 3.05) is 13.2 Å². The van der Waals surface area contributed by atoms with E-state index in [2.05, 4.69) is 77.9 Å². The van der Waals surface area contributed by atoms with E-state index in [1.807, 2.05) is 0 Å². The van der Waals surface area contributed by atoms with Crippen molar-refractivity contribution >= 4 is 0 Å². The Morgan fingerprint density at radius 2 is 1.03 bits per heavy atom. The fourth-order valence-corrected chi connectivity index (χ4v) is 3.85. The summed E-state index contributed by atoms with van der Waals surface area (Å²) < 4.78 is 18.3. The molecule has 0 saturated carbocycles. The fraction of sp³-hybridized carbons (Fsp3) is 0.538. The second kappa shape index (κ2) is 11.9. The Hall–Kier alpha value is -2.00. The first kappa shape index (κ1) is 23.3. The third-order valence-electron chi connectivity index (χ3n) is 5.34. The molecule has 0 bridgehead atoms. The van der Waals surface area contributed by atoms with Gasteiger partial charge < -0.3 is 14.2 Å². The minimum atomic E-state index is -0.00351. The van der Waals surface area contributed by atoms with Crippen LogP contribution in [-0.4, -0.2) is 25.4 Å². The van der Waals surface area contributed by atoms with Gasteiger partial charge in [0.2, 0.25) is 0 Å². The van der Waals surface area contributed by atoms with Crippen molar-refractivity contribution in [2.45, 2.75) is 79.4 Å². The van der Waals surface area contributed by atoms with Crippen molar-refractivity contribution in [3.63, 3.8) is 0 Å². The fourth-order valence-electron chi connectivity index (χ4n) is 3.85. The molecule has 3 nitrogen and oxygen atoms in total. The highest BCUT2D eigenvalue weighted by Crippen LogP contribution is 2.25. The molecule has 0 saturated heterocycles. The number of ether oxygens (including phenoxy) is 3. The van der Waals surface area contributed by atoms with Crippen LogP contribution in [0.1, 0.15) is 63.8 Å². The van der Waals surface area contributed by atoms with Crippen molar-refractivity contribution in [1.29, 1.82) is 0 Å². The predicted octanol–water partition coefficient (Wildman–Crippen LogP) is 6.19. The molecular formula is C26H38O3. The predicted molar refractivity (Wildman–Crippen MR) is 121 cm³/mol. The minimum Gasteiger partial charge on any atom is -0.491 e. The summed E-state index contributed by atoms with van der Waals surface area (Å²) in [7, 11) is 0. The van der Waals surface area contributed by atoms with Crippen molar-refractivity contribution < 1.29 is 14.2 Å². The highest BCUT2D eigenvalue weighted by atomic mass is 16.6. The van der Waals surface area contributed by atoms with E-state index in [4.69, 9.17) is 14.2 Å². The first-order chi connectivity index (χ1) is 14.0. The van der Waals surface area contributed by atoms with Gasteiger partial charge >= 0.3 is 0 Å². The maximum absolute atomic E-state index is 6.10. The van der Waals surface area contributed by atoms with Crippen molar-refractivity contribution in [3.05, 3.63) is 58.7 Å². The summed E-state index contributed by atoms with van der Waals surface area (Å²) in [6, 6.07) is 12.6. The molecule has 2 aromatic carbocycles. The first-order valence-electron chi connectivity index (χ1n) is 11.2. The molecule has 0 spiro atoms. The SMILES string of the molecule is CCc1cccc(OCC(C)OC(C)COc2cccc(CC)c2CC)c1CC. The van der Waals surface area contributed by atoms with Crippen LogP contribution in [0.2, 0.25) is 0 Å². The maximum Gasteiger partial charge on any atom is 0.122 e. The molecule has 29 heavy (non-hydrogen) atoms. The quantitative estimate of drug-likeness (QED) is 0.427. The van der Waals surface area contributed by atoms with Crippen molar-refractivity contribution in [3.8, 4) is 11.5 Å². The van der Waals surface area contributed by atoms with E-state index in [-0.39, 0.29) is 12.2 Å². The lowest BCUT2D eigenvalue weighted by molar-refractivity contribution is -0.0338.